The van der Waals surface area contributed by atoms with Gasteiger partial charge in [0.25, 0.3) is 0 Å². The molecule has 0 spiro atoms. The van der Waals surface area contributed by atoms with Gasteiger partial charge in [-0.15, -0.1) is 0 Å². The molecule has 4 heteroatoms. The summed E-state index contributed by atoms with van der Waals surface area (Å²) in [6, 6.07) is 0. The molecule has 0 aromatic heterocycles. The summed E-state index contributed by atoms with van der Waals surface area (Å²) in [5, 5.41) is 8.66. The maximum atomic E-state index is 10.5. The molecule has 0 aromatic carbocycles. The molecule has 1 rings (SSSR count). The standard InChI is InChI=1S/C8H12Br2O2/c9-6-2-1-3-7(10)5(6)4-8(11)12/h5-7H,1-4H2,(H,11,12). The third kappa shape index (κ3) is 2.73. The molecule has 2 atom stereocenters. The van der Waals surface area contributed by atoms with Gasteiger partial charge in [0.15, 0.2) is 0 Å². The first-order chi connectivity index (χ1) is 5.61. The monoisotopic (exact) mass is 298 g/mol. The predicted octanol–water partition coefficient (Wildman–Crippen LogP) is 2.79. The third-order valence-corrected chi connectivity index (χ3v) is 4.57. The van der Waals surface area contributed by atoms with Crippen LogP contribution in [0.15, 0.2) is 0 Å². The Morgan fingerprint density at radius 1 is 1.33 bits per heavy atom. The van der Waals surface area contributed by atoms with Crippen LogP contribution < -0.4 is 0 Å². The van der Waals surface area contributed by atoms with Gasteiger partial charge in [-0.2, -0.15) is 0 Å². The fraction of sp³-hybridized carbons (Fsp3) is 0.875. The van der Waals surface area contributed by atoms with Crippen molar-refractivity contribution >= 4 is 37.8 Å². The summed E-state index contributed by atoms with van der Waals surface area (Å²) in [5.74, 6) is -0.452. The molecule has 1 saturated carbocycles. The molecule has 0 heterocycles. The molecule has 0 amide bonds. The first kappa shape index (κ1) is 10.5. The van der Waals surface area contributed by atoms with Crippen LogP contribution in [0.4, 0.5) is 0 Å². The highest BCUT2D eigenvalue weighted by molar-refractivity contribution is 9.10. The maximum absolute atomic E-state index is 10.5. The number of carboxylic acids is 1. The predicted molar refractivity (Wildman–Crippen MR) is 55.0 cm³/mol. The van der Waals surface area contributed by atoms with Crippen LogP contribution in [0.3, 0.4) is 0 Å². The lowest BCUT2D eigenvalue weighted by Crippen LogP contribution is -2.30. The Balaban J connectivity index is 2.50. The van der Waals surface area contributed by atoms with Gasteiger partial charge < -0.3 is 5.11 Å². The van der Waals surface area contributed by atoms with E-state index < -0.39 is 5.97 Å². The van der Waals surface area contributed by atoms with Crippen LogP contribution in [-0.4, -0.2) is 20.7 Å². The Morgan fingerprint density at radius 3 is 2.25 bits per heavy atom. The average Bonchev–Trinajstić information content (AvgIpc) is 1.97. The number of rotatable bonds is 2. The van der Waals surface area contributed by atoms with Crippen molar-refractivity contribution in [3.05, 3.63) is 0 Å². The van der Waals surface area contributed by atoms with E-state index in [1.807, 2.05) is 0 Å². The average molecular weight is 300 g/mol. The summed E-state index contributed by atoms with van der Waals surface area (Å²) in [4.78, 5) is 11.3. The normalized spacial score (nSPS) is 36.3. The Hall–Kier alpha value is 0.430. The summed E-state index contributed by atoms with van der Waals surface area (Å²) in [6.07, 6.45) is 3.65. The summed E-state index contributed by atoms with van der Waals surface area (Å²) in [6.45, 7) is 0. The Labute approximate surface area is 89.0 Å². The lowest BCUT2D eigenvalue weighted by Gasteiger charge is -2.30. The van der Waals surface area contributed by atoms with Crippen LogP contribution in [0.25, 0.3) is 0 Å². The van der Waals surface area contributed by atoms with Crippen molar-refractivity contribution in [1.82, 2.24) is 0 Å². The van der Waals surface area contributed by atoms with Crippen LogP contribution in [0.1, 0.15) is 25.7 Å². The first-order valence-electron chi connectivity index (χ1n) is 4.11. The number of halogens is 2. The van der Waals surface area contributed by atoms with Gasteiger partial charge in [0.1, 0.15) is 0 Å². The molecule has 2 unspecified atom stereocenters. The zero-order chi connectivity index (χ0) is 9.14. The first-order valence-corrected chi connectivity index (χ1v) is 5.94. The Morgan fingerprint density at radius 2 is 1.83 bits per heavy atom. The molecular formula is C8H12Br2O2. The van der Waals surface area contributed by atoms with Crippen molar-refractivity contribution in [2.75, 3.05) is 0 Å². The van der Waals surface area contributed by atoms with E-state index in [1.165, 1.54) is 6.42 Å². The van der Waals surface area contributed by atoms with E-state index in [2.05, 4.69) is 31.9 Å². The van der Waals surface area contributed by atoms with Crippen molar-refractivity contribution in [1.29, 1.82) is 0 Å². The van der Waals surface area contributed by atoms with E-state index in [1.54, 1.807) is 0 Å². The van der Waals surface area contributed by atoms with E-state index in [0.29, 0.717) is 9.65 Å². The minimum Gasteiger partial charge on any atom is -0.481 e. The van der Waals surface area contributed by atoms with Gasteiger partial charge in [0, 0.05) is 9.65 Å². The van der Waals surface area contributed by atoms with Crippen molar-refractivity contribution in [2.45, 2.75) is 35.3 Å². The minimum atomic E-state index is -0.698. The van der Waals surface area contributed by atoms with Gasteiger partial charge >= 0.3 is 5.97 Å². The second kappa shape index (κ2) is 4.61. The Kier molecular flexibility index (Phi) is 4.03. The lowest BCUT2D eigenvalue weighted by molar-refractivity contribution is -0.138. The van der Waals surface area contributed by atoms with Gasteiger partial charge in [-0.25, -0.2) is 0 Å². The number of carbonyl (C=O) groups is 1. The topological polar surface area (TPSA) is 37.3 Å². The van der Waals surface area contributed by atoms with Crippen LogP contribution in [0, 0.1) is 5.92 Å². The van der Waals surface area contributed by atoms with E-state index in [-0.39, 0.29) is 12.3 Å². The van der Waals surface area contributed by atoms with Crippen molar-refractivity contribution in [3.8, 4) is 0 Å². The van der Waals surface area contributed by atoms with Crippen molar-refractivity contribution < 1.29 is 9.90 Å². The molecule has 70 valence electrons. The van der Waals surface area contributed by atoms with Crippen LogP contribution in [0.5, 0.6) is 0 Å². The molecule has 0 aliphatic heterocycles. The molecule has 1 aliphatic carbocycles. The second-order valence-corrected chi connectivity index (χ2v) is 5.58. The Bertz CT molecular complexity index is 162. The van der Waals surface area contributed by atoms with Gasteiger partial charge in [-0.3, -0.25) is 4.79 Å². The largest absolute Gasteiger partial charge is 0.481 e. The molecule has 1 N–H and O–H groups in total. The number of alkyl halides is 2. The molecular weight excluding hydrogens is 288 g/mol. The summed E-state index contributed by atoms with van der Waals surface area (Å²) < 4.78 is 0. The summed E-state index contributed by atoms with van der Waals surface area (Å²) in [5.41, 5.74) is 0. The number of aliphatic carboxylic acids is 1. The lowest BCUT2D eigenvalue weighted by atomic mass is 9.87. The van der Waals surface area contributed by atoms with Gasteiger partial charge in [-0.05, 0) is 18.8 Å². The molecule has 0 radical (unpaired) electrons. The highest BCUT2D eigenvalue weighted by Gasteiger charge is 2.31. The quantitative estimate of drug-likeness (QED) is 0.796. The maximum Gasteiger partial charge on any atom is 0.303 e. The molecule has 1 aliphatic rings. The zero-order valence-electron chi connectivity index (χ0n) is 6.67. The van der Waals surface area contributed by atoms with Crippen molar-refractivity contribution in [3.63, 3.8) is 0 Å². The molecule has 0 saturated heterocycles. The third-order valence-electron chi connectivity index (χ3n) is 2.30. The summed E-state index contributed by atoms with van der Waals surface area (Å²) >= 11 is 7.06. The van der Waals surface area contributed by atoms with Crippen molar-refractivity contribution in [2.24, 2.45) is 5.92 Å². The molecule has 0 bridgehead atoms. The second-order valence-electron chi connectivity index (χ2n) is 3.22. The molecule has 12 heavy (non-hydrogen) atoms. The van der Waals surface area contributed by atoms with E-state index >= 15 is 0 Å². The van der Waals surface area contributed by atoms with Crippen LogP contribution >= 0.6 is 31.9 Å². The number of hydrogen-bond donors (Lipinski definition) is 1. The fourth-order valence-electron chi connectivity index (χ4n) is 1.62. The van der Waals surface area contributed by atoms with E-state index in [4.69, 9.17) is 5.11 Å². The summed E-state index contributed by atoms with van der Waals surface area (Å²) in [7, 11) is 0. The zero-order valence-corrected chi connectivity index (χ0v) is 9.84. The van der Waals surface area contributed by atoms with E-state index in [9.17, 15) is 4.79 Å². The molecule has 2 nitrogen and oxygen atoms in total. The molecule has 0 aromatic rings. The van der Waals surface area contributed by atoms with E-state index in [0.717, 1.165) is 12.8 Å². The fourth-order valence-corrected chi connectivity index (χ4v) is 3.79. The number of hydrogen-bond acceptors (Lipinski definition) is 1. The highest BCUT2D eigenvalue weighted by Crippen LogP contribution is 2.36. The van der Waals surface area contributed by atoms with Gasteiger partial charge in [-0.1, -0.05) is 38.3 Å². The smallest absolute Gasteiger partial charge is 0.303 e. The number of carboxylic acid groups (broad SMARTS) is 1. The minimum absolute atomic E-state index is 0.247. The van der Waals surface area contributed by atoms with Gasteiger partial charge in [0.2, 0.25) is 0 Å². The molecule has 1 fully saturated rings. The SMILES string of the molecule is O=C(O)CC1C(Br)CCCC1Br. The van der Waals surface area contributed by atoms with Crippen LogP contribution in [-0.2, 0) is 4.79 Å². The van der Waals surface area contributed by atoms with Gasteiger partial charge in [0.05, 0.1) is 6.42 Å². The highest BCUT2D eigenvalue weighted by atomic mass is 79.9. The van der Waals surface area contributed by atoms with Crippen LogP contribution in [0.2, 0.25) is 0 Å².